The third kappa shape index (κ3) is 2.11. The number of thiophene rings is 2. The van der Waals surface area contributed by atoms with Gasteiger partial charge in [0, 0.05) is 11.4 Å². The zero-order valence-corrected chi connectivity index (χ0v) is 11.6. The first-order valence-corrected chi connectivity index (χ1v) is 7.62. The van der Waals surface area contributed by atoms with Crippen molar-refractivity contribution in [3.8, 4) is 0 Å². The lowest BCUT2D eigenvalue weighted by atomic mass is 10.2. The van der Waals surface area contributed by atoms with Crippen LogP contribution >= 0.6 is 22.7 Å². The number of aryl methyl sites for hydroxylation is 1. The monoisotopic (exact) mass is 275 g/mol. The highest BCUT2D eigenvalue weighted by molar-refractivity contribution is 7.18. The fraction of sp³-hybridized carbons (Fsp3) is 0.231. The maximum absolute atomic E-state index is 4.24. The molecule has 3 rings (SSSR count). The molecule has 3 heterocycles. The SMILES string of the molecule is CCc1csc2c(NCc3cccs3)cnnc12. The molecular weight excluding hydrogens is 262 g/mol. The molecule has 0 spiro atoms. The molecule has 0 fully saturated rings. The van der Waals surface area contributed by atoms with Gasteiger partial charge in [0.25, 0.3) is 0 Å². The number of fused-ring (bicyclic) bond motifs is 1. The van der Waals surface area contributed by atoms with E-state index in [1.165, 1.54) is 15.1 Å². The quantitative estimate of drug-likeness (QED) is 0.784. The summed E-state index contributed by atoms with van der Waals surface area (Å²) in [5.74, 6) is 0. The lowest BCUT2D eigenvalue weighted by Gasteiger charge is -2.05. The van der Waals surface area contributed by atoms with Gasteiger partial charge in [-0.25, -0.2) is 0 Å². The molecule has 0 aromatic carbocycles. The lowest BCUT2D eigenvalue weighted by molar-refractivity contribution is 1.05. The van der Waals surface area contributed by atoms with Crippen LogP contribution < -0.4 is 5.32 Å². The van der Waals surface area contributed by atoms with E-state index < -0.39 is 0 Å². The largest absolute Gasteiger partial charge is 0.378 e. The Labute approximate surface area is 114 Å². The molecular formula is C13H13N3S2. The standard InChI is InChI=1S/C13H13N3S2/c1-2-9-8-18-13-11(7-15-16-12(9)13)14-6-10-4-3-5-17-10/h3-5,7-8H,2,6H2,1H3,(H,14,16). The highest BCUT2D eigenvalue weighted by Crippen LogP contribution is 2.30. The molecule has 3 aromatic heterocycles. The molecule has 0 aliphatic rings. The first kappa shape index (κ1) is 11.6. The van der Waals surface area contributed by atoms with Crippen molar-refractivity contribution in [3.05, 3.63) is 39.5 Å². The number of aromatic nitrogens is 2. The minimum absolute atomic E-state index is 0.845. The fourth-order valence-electron chi connectivity index (χ4n) is 1.86. The lowest BCUT2D eigenvalue weighted by Crippen LogP contribution is -1.99. The molecule has 0 unspecified atom stereocenters. The van der Waals surface area contributed by atoms with Gasteiger partial charge in [0.2, 0.25) is 0 Å². The van der Waals surface area contributed by atoms with Crippen molar-refractivity contribution in [1.29, 1.82) is 0 Å². The van der Waals surface area contributed by atoms with Crippen molar-refractivity contribution in [2.24, 2.45) is 0 Å². The predicted molar refractivity (Wildman–Crippen MR) is 78.4 cm³/mol. The van der Waals surface area contributed by atoms with Crippen LogP contribution in [0.2, 0.25) is 0 Å². The van der Waals surface area contributed by atoms with Gasteiger partial charge in [-0.3, -0.25) is 0 Å². The third-order valence-electron chi connectivity index (χ3n) is 2.84. The number of hydrogen-bond acceptors (Lipinski definition) is 5. The number of hydrogen-bond donors (Lipinski definition) is 1. The van der Waals surface area contributed by atoms with Crippen molar-refractivity contribution in [3.63, 3.8) is 0 Å². The summed E-state index contributed by atoms with van der Waals surface area (Å²) in [4.78, 5) is 1.33. The normalized spacial score (nSPS) is 10.9. The van der Waals surface area contributed by atoms with Crippen LogP contribution in [0, 0.1) is 0 Å². The van der Waals surface area contributed by atoms with Crippen molar-refractivity contribution >= 4 is 38.6 Å². The van der Waals surface area contributed by atoms with Gasteiger partial charge in [0.1, 0.15) is 5.52 Å². The Morgan fingerprint density at radius 2 is 2.28 bits per heavy atom. The number of anilines is 1. The topological polar surface area (TPSA) is 37.8 Å². The van der Waals surface area contributed by atoms with Gasteiger partial charge < -0.3 is 5.32 Å². The molecule has 0 aliphatic carbocycles. The highest BCUT2D eigenvalue weighted by Gasteiger charge is 2.08. The minimum Gasteiger partial charge on any atom is -0.378 e. The second kappa shape index (κ2) is 5.04. The first-order valence-electron chi connectivity index (χ1n) is 5.86. The average Bonchev–Trinajstić information content (AvgIpc) is 3.05. The van der Waals surface area contributed by atoms with Crippen LogP contribution in [0.3, 0.4) is 0 Å². The number of nitrogens with zero attached hydrogens (tertiary/aromatic N) is 2. The summed E-state index contributed by atoms with van der Waals surface area (Å²) < 4.78 is 1.21. The van der Waals surface area contributed by atoms with E-state index in [4.69, 9.17) is 0 Å². The van der Waals surface area contributed by atoms with E-state index in [-0.39, 0.29) is 0 Å². The van der Waals surface area contributed by atoms with Gasteiger partial charge in [-0.05, 0) is 28.8 Å². The van der Waals surface area contributed by atoms with E-state index in [1.807, 2.05) is 6.20 Å². The summed E-state index contributed by atoms with van der Waals surface area (Å²) in [6.07, 6.45) is 2.81. The molecule has 1 N–H and O–H groups in total. The Morgan fingerprint density at radius 3 is 3.06 bits per heavy atom. The Bertz CT molecular complexity index is 643. The average molecular weight is 275 g/mol. The summed E-state index contributed by atoms with van der Waals surface area (Å²) >= 11 is 3.50. The van der Waals surface area contributed by atoms with Crippen molar-refractivity contribution in [1.82, 2.24) is 10.2 Å². The van der Waals surface area contributed by atoms with E-state index in [0.29, 0.717) is 0 Å². The van der Waals surface area contributed by atoms with Gasteiger partial charge in [-0.1, -0.05) is 13.0 Å². The molecule has 0 saturated carbocycles. The van der Waals surface area contributed by atoms with Crippen LogP contribution in [-0.4, -0.2) is 10.2 Å². The summed E-state index contributed by atoms with van der Waals surface area (Å²) in [5, 5.41) is 16.0. The van der Waals surface area contributed by atoms with Crippen LogP contribution in [0.4, 0.5) is 5.69 Å². The van der Waals surface area contributed by atoms with E-state index in [2.05, 4.69) is 45.3 Å². The van der Waals surface area contributed by atoms with E-state index in [9.17, 15) is 0 Å². The zero-order valence-electron chi connectivity index (χ0n) is 10.0. The number of nitrogens with one attached hydrogen (secondary N) is 1. The molecule has 0 radical (unpaired) electrons. The maximum atomic E-state index is 4.24. The van der Waals surface area contributed by atoms with Crippen LogP contribution in [-0.2, 0) is 13.0 Å². The van der Waals surface area contributed by atoms with E-state index in [0.717, 1.165) is 24.2 Å². The van der Waals surface area contributed by atoms with Crippen LogP contribution in [0.15, 0.2) is 29.1 Å². The summed E-state index contributed by atoms with van der Waals surface area (Å²) in [7, 11) is 0. The molecule has 0 amide bonds. The summed E-state index contributed by atoms with van der Waals surface area (Å²) in [6, 6.07) is 4.21. The van der Waals surface area contributed by atoms with Gasteiger partial charge in [-0.15, -0.1) is 27.8 Å². The van der Waals surface area contributed by atoms with Gasteiger partial charge >= 0.3 is 0 Å². The van der Waals surface area contributed by atoms with Crippen molar-refractivity contribution < 1.29 is 0 Å². The van der Waals surface area contributed by atoms with Gasteiger partial charge in [0.15, 0.2) is 0 Å². The molecule has 18 heavy (non-hydrogen) atoms. The molecule has 3 aromatic rings. The second-order valence-corrected chi connectivity index (χ2v) is 5.90. The second-order valence-electron chi connectivity index (χ2n) is 3.98. The highest BCUT2D eigenvalue weighted by atomic mass is 32.1. The molecule has 0 saturated heterocycles. The van der Waals surface area contributed by atoms with E-state index in [1.54, 1.807) is 22.7 Å². The number of rotatable bonds is 4. The molecule has 5 heteroatoms. The molecule has 0 atom stereocenters. The van der Waals surface area contributed by atoms with Gasteiger partial charge in [-0.2, -0.15) is 5.10 Å². The van der Waals surface area contributed by atoms with Crippen molar-refractivity contribution in [2.75, 3.05) is 5.32 Å². The van der Waals surface area contributed by atoms with Crippen molar-refractivity contribution in [2.45, 2.75) is 19.9 Å². The molecule has 92 valence electrons. The molecule has 0 bridgehead atoms. The smallest absolute Gasteiger partial charge is 0.109 e. The zero-order chi connectivity index (χ0) is 12.4. The Hall–Kier alpha value is -1.46. The van der Waals surface area contributed by atoms with Gasteiger partial charge in [0.05, 0.1) is 16.6 Å². The van der Waals surface area contributed by atoms with Crippen LogP contribution in [0.1, 0.15) is 17.4 Å². The minimum atomic E-state index is 0.845. The predicted octanol–water partition coefficient (Wildman–Crippen LogP) is 3.93. The van der Waals surface area contributed by atoms with E-state index >= 15 is 0 Å². The first-order chi connectivity index (χ1) is 8.88. The third-order valence-corrected chi connectivity index (χ3v) is 4.77. The summed E-state index contributed by atoms with van der Waals surface area (Å²) in [6.45, 7) is 2.99. The fourth-order valence-corrected chi connectivity index (χ4v) is 3.58. The Kier molecular flexibility index (Phi) is 3.25. The Morgan fingerprint density at radius 1 is 1.33 bits per heavy atom. The molecule has 3 nitrogen and oxygen atoms in total. The van der Waals surface area contributed by atoms with Crippen LogP contribution in [0.25, 0.3) is 10.2 Å². The molecule has 0 aliphatic heterocycles. The van der Waals surface area contributed by atoms with Crippen LogP contribution in [0.5, 0.6) is 0 Å². The summed E-state index contributed by atoms with van der Waals surface area (Å²) in [5.41, 5.74) is 3.40. The Balaban J connectivity index is 1.90. The maximum Gasteiger partial charge on any atom is 0.109 e.